The van der Waals surface area contributed by atoms with Crippen molar-refractivity contribution in [1.82, 2.24) is 10.6 Å². The number of alkyl halides is 2. The minimum absolute atomic E-state index is 0. The van der Waals surface area contributed by atoms with Gasteiger partial charge in [-0.25, -0.2) is 8.42 Å². The van der Waals surface area contributed by atoms with Crippen LogP contribution in [0.3, 0.4) is 0 Å². The lowest BCUT2D eigenvalue weighted by Crippen LogP contribution is -2.47. The number of amides is 1. The van der Waals surface area contributed by atoms with E-state index in [2.05, 4.69) is 10.6 Å². The number of ether oxygens (including phenoxy) is 1. The van der Waals surface area contributed by atoms with Crippen LogP contribution in [0, 0.1) is 5.41 Å². The van der Waals surface area contributed by atoms with Gasteiger partial charge in [0, 0.05) is 19.1 Å². The van der Waals surface area contributed by atoms with Crippen molar-refractivity contribution in [2.75, 3.05) is 33.4 Å². The third-order valence-electron chi connectivity index (χ3n) is 4.63. The SMILES string of the molecule is COCC1(CNC(=O)Cc2ccc(S(=O)(=O)C(F)F)cc2)CCNCC1.Cl. The number of benzene rings is 1. The summed E-state index contributed by atoms with van der Waals surface area (Å²) in [5.74, 6) is -3.66. The molecule has 0 aromatic heterocycles. The fourth-order valence-corrected chi connectivity index (χ4v) is 3.79. The first kappa shape index (κ1) is 23.7. The molecule has 1 aromatic rings. The van der Waals surface area contributed by atoms with E-state index in [1.807, 2.05) is 0 Å². The predicted molar refractivity (Wildman–Crippen MR) is 100 cm³/mol. The Morgan fingerprint density at radius 1 is 1.26 bits per heavy atom. The molecule has 1 aliphatic rings. The van der Waals surface area contributed by atoms with Crippen molar-refractivity contribution in [2.24, 2.45) is 5.41 Å². The Morgan fingerprint density at radius 2 is 1.85 bits per heavy atom. The average molecular weight is 427 g/mol. The van der Waals surface area contributed by atoms with Gasteiger partial charge in [0.15, 0.2) is 0 Å². The summed E-state index contributed by atoms with van der Waals surface area (Å²) < 4.78 is 53.1. The molecule has 1 saturated heterocycles. The average Bonchev–Trinajstić information content (AvgIpc) is 2.61. The molecule has 1 aromatic carbocycles. The smallest absolute Gasteiger partial charge is 0.341 e. The lowest BCUT2D eigenvalue weighted by Gasteiger charge is -2.37. The Kier molecular flexibility index (Phi) is 9.07. The minimum Gasteiger partial charge on any atom is -0.384 e. The van der Waals surface area contributed by atoms with E-state index >= 15 is 0 Å². The number of methoxy groups -OCH3 is 1. The van der Waals surface area contributed by atoms with Crippen LogP contribution in [-0.2, 0) is 25.8 Å². The number of piperidine rings is 1. The molecule has 27 heavy (non-hydrogen) atoms. The molecule has 0 spiro atoms. The second kappa shape index (κ2) is 10.3. The van der Waals surface area contributed by atoms with Gasteiger partial charge in [0.2, 0.25) is 15.7 Å². The summed E-state index contributed by atoms with van der Waals surface area (Å²) in [7, 11) is -2.98. The fraction of sp³-hybridized carbons (Fsp3) is 0.588. The Hall–Kier alpha value is -1.29. The van der Waals surface area contributed by atoms with Gasteiger partial charge < -0.3 is 15.4 Å². The monoisotopic (exact) mass is 426 g/mol. The number of halogens is 3. The van der Waals surface area contributed by atoms with Crippen LogP contribution in [0.2, 0.25) is 0 Å². The summed E-state index contributed by atoms with van der Waals surface area (Å²) in [6, 6.07) is 4.96. The maximum absolute atomic E-state index is 12.5. The normalized spacial score (nSPS) is 16.6. The van der Waals surface area contributed by atoms with E-state index in [1.165, 1.54) is 12.1 Å². The van der Waals surface area contributed by atoms with Crippen LogP contribution in [-0.4, -0.2) is 53.4 Å². The molecule has 0 saturated carbocycles. The quantitative estimate of drug-likeness (QED) is 0.662. The Bertz CT molecular complexity index is 703. The lowest BCUT2D eigenvalue weighted by molar-refractivity contribution is -0.121. The number of carbonyl (C=O) groups excluding carboxylic acids is 1. The van der Waals surface area contributed by atoms with Crippen LogP contribution in [0.4, 0.5) is 8.78 Å². The van der Waals surface area contributed by atoms with Crippen molar-refractivity contribution in [3.05, 3.63) is 29.8 Å². The highest BCUT2D eigenvalue weighted by atomic mass is 35.5. The van der Waals surface area contributed by atoms with E-state index in [-0.39, 0.29) is 30.2 Å². The molecule has 2 N–H and O–H groups in total. The zero-order valence-corrected chi connectivity index (χ0v) is 16.7. The van der Waals surface area contributed by atoms with Gasteiger partial charge in [-0.2, -0.15) is 8.78 Å². The zero-order chi connectivity index (χ0) is 19.2. The standard InChI is InChI=1S/C17H24F2N2O4S.ClH/c1-25-12-17(6-8-20-9-7-17)11-21-15(22)10-13-2-4-14(5-3-13)26(23,24)16(18)19;/h2-5,16,20H,6-12H2,1H3,(H,21,22);1H. The maximum atomic E-state index is 12.5. The Balaban J connectivity index is 0.00000364. The number of carbonyl (C=O) groups is 1. The van der Waals surface area contributed by atoms with Gasteiger partial charge >= 0.3 is 5.76 Å². The van der Waals surface area contributed by atoms with Gasteiger partial charge in [0.05, 0.1) is 17.9 Å². The van der Waals surface area contributed by atoms with Gasteiger partial charge in [-0.3, -0.25) is 4.79 Å². The number of hydrogen-bond donors (Lipinski definition) is 2. The molecular weight excluding hydrogens is 402 g/mol. The molecule has 1 heterocycles. The highest BCUT2D eigenvalue weighted by Crippen LogP contribution is 2.28. The fourth-order valence-electron chi connectivity index (χ4n) is 3.07. The van der Waals surface area contributed by atoms with E-state index < -0.39 is 20.5 Å². The number of sulfone groups is 1. The van der Waals surface area contributed by atoms with Gasteiger partial charge in [0.1, 0.15) is 0 Å². The predicted octanol–water partition coefficient (Wildman–Crippen LogP) is 1.78. The second-order valence-electron chi connectivity index (χ2n) is 6.59. The Labute approximate surface area is 164 Å². The molecule has 0 unspecified atom stereocenters. The topological polar surface area (TPSA) is 84.5 Å². The van der Waals surface area contributed by atoms with Crippen LogP contribution in [0.1, 0.15) is 18.4 Å². The lowest BCUT2D eigenvalue weighted by atomic mass is 9.79. The van der Waals surface area contributed by atoms with Crippen LogP contribution < -0.4 is 10.6 Å². The number of rotatable bonds is 8. The molecule has 1 aliphatic heterocycles. The van der Waals surface area contributed by atoms with Crippen LogP contribution in [0.5, 0.6) is 0 Å². The van der Waals surface area contributed by atoms with E-state index in [0.29, 0.717) is 18.7 Å². The van der Waals surface area contributed by atoms with Crippen LogP contribution in [0.15, 0.2) is 29.2 Å². The van der Waals surface area contributed by atoms with E-state index in [4.69, 9.17) is 4.74 Å². The third kappa shape index (κ3) is 6.38. The van der Waals surface area contributed by atoms with E-state index in [1.54, 1.807) is 7.11 Å². The molecular formula is C17H25ClF2N2O4S. The molecule has 0 bridgehead atoms. The van der Waals surface area contributed by atoms with Crippen molar-refractivity contribution in [2.45, 2.75) is 29.9 Å². The highest BCUT2D eigenvalue weighted by molar-refractivity contribution is 7.91. The first-order valence-corrected chi connectivity index (χ1v) is 9.91. The summed E-state index contributed by atoms with van der Waals surface area (Å²) in [6.07, 6.45) is 1.86. The summed E-state index contributed by atoms with van der Waals surface area (Å²) >= 11 is 0. The van der Waals surface area contributed by atoms with Gasteiger partial charge in [0.25, 0.3) is 0 Å². The summed E-state index contributed by atoms with van der Waals surface area (Å²) in [6.45, 7) is 2.81. The van der Waals surface area contributed by atoms with Crippen LogP contribution in [0.25, 0.3) is 0 Å². The third-order valence-corrected chi connectivity index (χ3v) is 6.02. The molecule has 1 fully saturated rings. The second-order valence-corrected chi connectivity index (χ2v) is 8.50. The molecule has 0 atom stereocenters. The molecule has 0 radical (unpaired) electrons. The van der Waals surface area contributed by atoms with Crippen LogP contribution >= 0.6 is 12.4 Å². The van der Waals surface area contributed by atoms with Crippen molar-refractivity contribution >= 4 is 28.2 Å². The first-order valence-electron chi connectivity index (χ1n) is 8.36. The minimum atomic E-state index is -4.62. The number of hydrogen-bond acceptors (Lipinski definition) is 5. The van der Waals surface area contributed by atoms with E-state index in [0.717, 1.165) is 38.1 Å². The molecule has 154 valence electrons. The molecule has 2 rings (SSSR count). The van der Waals surface area contributed by atoms with Crippen molar-refractivity contribution < 1.29 is 26.7 Å². The Morgan fingerprint density at radius 3 is 2.37 bits per heavy atom. The van der Waals surface area contributed by atoms with Crippen molar-refractivity contribution in [3.63, 3.8) is 0 Å². The van der Waals surface area contributed by atoms with E-state index in [9.17, 15) is 22.0 Å². The summed E-state index contributed by atoms with van der Waals surface area (Å²) in [5.41, 5.74) is 0.465. The summed E-state index contributed by atoms with van der Waals surface area (Å²) in [4.78, 5) is 11.7. The highest BCUT2D eigenvalue weighted by Gasteiger charge is 2.32. The summed E-state index contributed by atoms with van der Waals surface area (Å²) in [5, 5.41) is 6.18. The van der Waals surface area contributed by atoms with Crippen molar-refractivity contribution in [1.29, 1.82) is 0 Å². The van der Waals surface area contributed by atoms with Gasteiger partial charge in [-0.05, 0) is 43.6 Å². The zero-order valence-electron chi connectivity index (χ0n) is 15.0. The molecule has 10 heteroatoms. The van der Waals surface area contributed by atoms with Gasteiger partial charge in [-0.15, -0.1) is 12.4 Å². The number of nitrogens with one attached hydrogen (secondary N) is 2. The van der Waals surface area contributed by atoms with Gasteiger partial charge in [-0.1, -0.05) is 12.1 Å². The maximum Gasteiger partial charge on any atom is 0.341 e. The molecule has 1 amide bonds. The van der Waals surface area contributed by atoms with Crippen molar-refractivity contribution in [3.8, 4) is 0 Å². The molecule has 0 aliphatic carbocycles. The first-order chi connectivity index (χ1) is 12.3. The largest absolute Gasteiger partial charge is 0.384 e. The molecule has 6 nitrogen and oxygen atoms in total.